The fourth-order valence-corrected chi connectivity index (χ4v) is 1.85. The van der Waals surface area contributed by atoms with E-state index >= 15 is 0 Å². The molecular formula is C10H18N4. The number of hydrogen-bond acceptors (Lipinski definition) is 3. The second kappa shape index (κ2) is 4.57. The highest BCUT2D eigenvalue weighted by Crippen LogP contribution is 2.07. The molecule has 0 spiro atoms. The van der Waals surface area contributed by atoms with E-state index in [1.165, 1.54) is 0 Å². The molecule has 0 saturated carbocycles. The minimum absolute atomic E-state index is 0.430. The third-order valence-corrected chi connectivity index (χ3v) is 2.87. The number of hydrogen-bond donors (Lipinski definition) is 1. The molecule has 2 N–H and O–H groups in total. The van der Waals surface area contributed by atoms with Crippen LogP contribution in [0.3, 0.4) is 0 Å². The summed E-state index contributed by atoms with van der Waals surface area (Å²) in [5.41, 5.74) is 5.85. The normalized spacial score (nSPS) is 20.1. The number of aromatic nitrogens is 2. The Morgan fingerprint density at radius 2 is 2.07 bits per heavy atom. The first-order chi connectivity index (χ1) is 6.84. The number of nitrogens with zero attached hydrogens (tertiary/aromatic N) is 3. The largest absolute Gasteiger partial charge is 0.336 e. The van der Waals surface area contributed by atoms with Gasteiger partial charge < -0.3 is 15.2 Å². The molecule has 2 heterocycles. The predicted molar refractivity (Wildman–Crippen MR) is 55.9 cm³/mol. The molecule has 0 unspecified atom stereocenters. The summed E-state index contributed by atoms with van der Waals surface area (Å²) < 4.78 is 2.12. The van der Waals surface area contributed by atoms with Crippen LogP contribution in [0.15, 0.2) is 18.7 Å². The van der Waals surface area contributed by atoms with E-state index in [1.807, 2.05) is 18.7 Å². The van der Waals surface area contributed by atoms with Gasteiger partial charge in [-0.05, 0) is 25.9 Å². The van der Waals surface area contributed by atoms with Crippen molar-refractivity contribution in [1.82, 2.24) is 14.5 Å². The summed E-state index contributed by atoms with van der Waals surface area (Å²) in [7, 11) is 0. The zero-order chi connectivity index (χ0) is 9.80. The highest BCUT2D eigenvalue weighted by atomic mass is 15.2. The summed E-state index contributed by atoms with van der Waals surface area (Å²) in [5, 5.41) is 0. The van der Waals surface area contributed by atoms with Crippen molar-refractivity contribution in [2.45, 2.75) is 25.4 Å². The van der Waals surface area contributed by atoms with Crippen LogP contribution in [0.5, 0.6) is 0 Å². The van der Waals surface area contributed by atoms with Crippen LogP contribution in [0.25, 0.3) is 0 Å². The molecular weight excluding hydrogens is 176 g/mol. The first kappa shape index (κ1) is 9.68. The van der Waals surface area contributed by atoms with Gasteiger partial charge in [-0.25, -0.2) is 4.98 Å². The van der Waals surface area contributed by atoms with Gasteiger partial charge in [-0.2, -0.15) is 0 Å². The zero-order valence-corrected chi connectivity index (χ0v) is 8.47. The van der Waals surface area contributed by atoms with Crippen molar-refractivity contribution in [2.24, 2.45) is 5.73 Å². The molecule has 1 aromatic rings. The fraction of sp³-hybridized carbons (Fsp3) is 0.700. The average molecular weight is 194 g/mol. The monoisotopic (exact) mass is 194 g/mol. The Hall–Kier alpha value is -0.870. The molecule has 2 rings (SSSR count). The Kier molecular flexibility index (Phi) is 3.16. The van der Waals surface area contributed by atoms with E-state index in [-0.39, 0.29) is 0 Å². The summed E-state index contributed by atoms with van der Waals surface area (Å²) in [6, 6.07) is 0.430. The Labute approximate surface area is 84.7 Å². The highest BCUT2D eigenvalue weighted by molar-refractivity contribution is 4.77. The van der Waals surface area contributed by atoms with Crippen molar-refractivity contribution in [3.05, 3.63) is 18.7 Å². The van der Waals surface area contributed by atoms with Crippen molar-refractivity contribution in [1.29, 1.82) is 0 Å². The smallest absolute Gasteiger partial charge is 0.0946 e. The molecule has 0 aliphatic carbocycles. The van der Waals surface area contributed by atoms with Crippen LogP contribution in [0.1, 0.15) is 12.8 Å². The second-order valence-corrected chi connectivity index (χ2v) is 3.98. The van der Waals surface area contributed by atoms with E-state index in [0.29, 0.717) is 6.04 Å². The van der Waals surface area contributed by atoms with E-state index in [0.717, 1.165) is 39.0 Å². The SMILES string of the molecule is NC1CCN(CCn2ccnc2)CC1. The van der Waals surface area contributed by atoms with E-state index in [4.69, 9.17) is 5.73 Å². The van der Waals surface area contributed by atoms with Gasteiger partial charge in [0, 0.05) is 31.5 Å². The van der Waals surface area contributed by atoms with Crippen molar-refractivity contribution < 1.29 is 0 Å². The molecule has 0 bridgehead atoms. The van der Waals surface area contributed by atoms with E-state index < -0.39 is 0 Å². The lowest BCUT2D eigenvalue weighted by Gasteiger charge is -2.29. The van der Waals surface area contributed by atoms with Gasteiger partial charge in [-0.15, -0.1) is 0 Å². The van der Waals surface area contributed by atoms with Gasteiger partial charge in [0.05, 0.1) is 6.33 Å². The Balaban J connectivity index is 1.71. The van der Waals surface area contributed by atoms with Crippen LogP contribution in [-0.4, -0.2) is 40.1 Å². The maximum Gasteiger partial charge on any atom is 0.0946 e. The molecule has 1 aliphatic heterocycles. The maximum absolute atomic E-state index is 5.85. The molecule has 4 nitrogen and oxygen atoms in total. The van der Waals surface area contributed by atoms with Gasteiger partial charge in [0.15, 0.2) is 0 Å². The van der Waals surface area contributed by atoms with Crippen molar-refractivity contribution in [3.63, 3.8) is 0 Å². The third kappa shape index (κ3) is 2.56. The summed E-state index contributed by atoms with van der Waals surface area (Å²) in [6.45, 7) is 4.45. The van der Waals surface area contributed by atoms with Gasteiger partial charge in [0.2, 0.25) is 0 Å². The number of nitrogens with two attached hydrogens (primary N) is 1. The van der Waals surface area contributed by atoms with Gasteiger partial charge >= 0.3 is 0 Å². The quantitative estimate of drug-likeness (QED) is 0.753. The third-order valence-electron chi connectivity index (χ3n) is 2.87. The van der Waals surface area contributed by atoms with Gasteiger partial charge in [-0.3, -0.25) is 0 Å². The molecule has 0 atom stereocenters. The van der Waals surface area contributed by atoms with Crippen LogP contribution >= 0.6 is 0 Å². The molecule has 1 saturated heterocycles. The van der Waals surface area contributed by atoms with Crippen molar-refractivity contribution >= 4 is 0 Å². The van der Waals surface area contributed by atoms with Crippen LogP contribution in [0.2, 0.25) is 0 Å². The van der Waals surface area contributed by atoms with Crippen LogP contribution in [0.4, 0.5) is 0 Å². The molecule has 1 fully saturated rings. The van der Waals surface area contributed by atoms with Crippen LogP contribution < -0.4 is 5.73 Å². The average Bonchev–Trinajstić information content (AvgIpc) is 2.70. The molecule has 0 radical (unpaired) electrons. The molecule has 0 amide bonds. The van der Waals surface area contributed by atoms with E-state index in [1.54, 1.807) is 0 Å². The summed E-state index contributed by atoms with van der Waals surface area (Å²) in [4.78, 5) is 6.50. The Bertz CT molecular complexity index is 249. The van der Waals surface area contributed by atoms with Crippen LogP contribution in [-0.2, 0) is 6.54 Å². The number of imidazole rings is 1. The summed E-state index contributed by atoms with van der Waals surface area (Å²) in [6.07, 6.45) is 7.99. The Morgan fingerprint density at radius 1 is 1.29 bits per heavy atom. The van der Waals surface area contributed by atoms with E-state index in [2.05, 4.69) is 14.5 Å². The molecule has 0 aromatic carbocycles. The minimum Gasteiger partial charge on any atom is -0.336 e. The number of rotatable bonds is 3. The maximum atomic E-state index is 5.85. The van der Waals surface area contributed by atoms with Crippen molar-refractivity contribution in [2.75, 3.05) is 19.6 Å². The summed E-state index contributed by atoms with van der Waals surface area (Å²) in [5.74, 6) is 0. The standard InChI is InChI=1S/C10H18N4/c11-10-1-4-13(5-2-10)7-8-14-6-3-12-9-14/h3,6,9-10H,1-2,4-5,7-8,11H2. The van der Waals surface area contributed by atoms with Gasteiger partial charge in [-0.1, -0.05) is 0 Å². The second-order valence-electron chi connectivity index (χ2n) is 3.98. The molecule has 1 aliphatic rings. The molecule has 4 heteroatoms. The lowest BCUT2D eigenvalue weighted by atomic mass is 10.1. The van der Waals surface area contributed by atoms with Gasteiger partial charge in [0.1, 0.15) is 0 Å². The number of likely N-dealkylation sites (tertiary alicyclic amines) is 1. The Morgan fingerprint density at radius 3 is 2.71 bits per heavy atom. The zero-order valence-electron chi connectivity index (χ0n) is 8.47. The molecule has 78 valence electrons. The highest BCUT2D eigenvalue weighted by Gasteiger charge is 2.14. The minimum atomic E-state index is 0.430. The molecule has 1 aromatic heterocycles. The predicted octanol–water partition coefficient (Wildman–Crippen LogP) is 0.306. The fourth-order valence-electron chi connectivity index (χ4n) is 1.85. The molecule has 14 heavy (non-hydrogen) atoms. The van der Waals surface area contributed by atoms with Crippen LogP contribution in [0, 0.1) is 0 Å². The topological polar surface area (TPSA) is 47.1 Å². The lowest BCUT2D eigenvalue weighted by Crippen LogP contribution is -2.40. The lowest BCUT2D eigenvalue weighted by molar-refractivity contribution is 0.206. The first-order valence-electron chi connectivity index (χ1n) is 5.28. The van der Waals surface area contributed by atoms with Gasteiger partial charge in [0.25, 0.3) is 0 Å². The van der Waals surface area contributed by atoms with Crippen molar-refractivity contribution in [3.8, 4) is 0 Å². The van der Waals surface area contributed by atoms with E-state index in [9.17, 15) is 0 Å². The summed E-state index contributed by atoms with van der Waals surface area (Å²) >= 11 is 0. The first-order valence-corrected chi connectivity index (χ1v) is 5.28. The number of piperidine rings is 1.